The molecule has 2 N–H and O–H groups in total. The molecule has 1 atom stereocenters. The first-order valence-electron chi connectivity index (χ1n) is 2.73. The van der Waals surface area contributed by atoms with E-state index in [0.717, 1.165) is 6.54 Å². The second kappa shape index (κ2) is 1.84. The van der Waals surface area contributed by atoms with Crippen LogP contribution in [0.2, 0.25) is 0 Å². The molecule has 0 aromatic heterocycles. The van der Waals surface area contributed by atoms with E-state index in [1.165, 1.54) is 13.0 Å². The quantitative estimate of drug-likeness (QED) is 0.376. The van der Waals surface area contributed by atoms with Crippen LogP contribution in [-0.2, 0) is 0 Å². The lowest BCUT2D eigenvalue weighted by atomic mass is 10.3. The van der Waals surface area contributed by atoms with E-state index in [4.69, 9.17) is 5.73 Å². The summed E-state index contributed by atoms with van der Waals surface area (Å²) in [5.74, 6) is 0. The molecule has 1 aliphatic rings. The Morgan fingerprint density at radius 2 is 2.43 bits per heavy atom. The largest absolute Gasteiger partial charge is 0.347 e. The first-order chi connectivity index (χ1) is 3.29. The molecule has 1 rings (SSSR count). The van der Waals surface area contributed by atoms with Crippen LogP contribution >= 0.6 is 0 Å². The number of hydrogen-bond acceptors (Lipinski definition) is 2. The number of hydrogen-bond donors (Lipinski definition) is 1. The summed E-state index contributed by atoms with van der Waals surface area (Å²) in [6.45, 7) is 2.27. The Bertz CT molecular complexity index is 58.7. The van der Waals surface area contributed by atoms with Crippen molar-refractivity contribution in [1.82, 2.24) is 4.81 Å². The van der Waals surface area contributed by atoms with Gasteiger partial charge in [0.25, 0.3) is 0 Å². The van der Waals surface area contributed by atoms with Gasteiger partial charge in [-0.15, -0.1) is 0 Å². The molecule has 3 heteroatoms. The fourth-order valence-corrected chi connectivity index (χ4v) is 0.969. The minimum absolute atomic E-state index is 0.449. The van der Waals surface area contributed by atoms with Crippen molar-refractivity contribution in [3.05, 3.63) is 0 Å². The van der Waals surface area contributed by atoms with Crippen molar-refractivity contribution in [2.24, 2.45) is 5.73 Å². The molecule has 0 aromatic rings. The van der Waals surface area contributed by atoms with Crippen molar-refractivity contribution in [2.45, 2.75) is 12.5 Å². The molecule has 0 radical (unpaired) electrons. The maximum Gasteiger partial charge on any atom is 0.185 e. The Hall–Kier alpha value is -0.0151. The van der Waals surface area contributed by atoms with Gasteiger partial charge >= 0.3 is 0 Å². The molecule has 0 unspecified atom stereocenters. The molecule has 40 valence electrons. The van der Waals surface area contributed by atoms with Crippen molar-refractivity contribution in [3.63, 3.8) is 0 Å². The van der Waals surface area contributed by atoms with E-state index in [-0.39, 0.29) is 0 Å². The summed E-state index contributed by atoms with van der Waals surface area (Å²) < 4.78 is 0. The van der Waals surface area contributed by atoms with Crippen LogP contribution in [0, 0.1) is 0 Å². The Balaban J connectivity index is 2.26. The van der Waals surface area contributed by atoms with Crippen molar-refractivity contribution >= 4 is 7.98 Å². The molecule has 1 aliphatic heterocycles. The third-order valence-corrected chi connectivity index (χ3v) is 1.43. The molecule has 0 aliphatic carbocycles. The third-order valence-electron chi connectivity index (χ3n) is 1.43. The van der Waals surface area contributed by atoms with E-state index >= 15 is 0 Å². The summed E-state index contributed by atoms with van der Waals surface area (Å²) in [4.78, 5) is 2.25. The normalized spacial score (nSPS) is 34.1. The van der Waals surface area contributed by atoms with Crippen LogP contribution in [0.4, 0.5) is 0 Å². The lowest BCUT2D eigenvalue weighted by Crippen LogP contribution is -2.24. The number of nitrogens with zero attached hydrogens (tertiary/aromatic N) is 1. The second-order valence-electron chi connectivity index (χ2n) is 2.31. The van der Waals surface area contributed by atoms with Gasteiger partial charge in [0.15, 0.2) is 7.98 Å². The Labute approximate surface area is 45.1 Å². The van der Waals surface area contributed by atoms with Gasteiger partial charge in [-0.1, -0.05) is 0 Å². The Morgan fingerprint density at radius 1 is 1.71 bits per heavy atom. The lowest BCUT2D eigenvalue weighted by molar-refractivity contribution is 0.553. The highest BCUT2D eigenvalue weighted by Crippen LogP contribution is 2.01. The van der Waals surface area contributed by atoms with Crippen LogP contribution in [0.1, 0.15) is 6.42 Å². The van der Waals surface area contributed by atoms with Gasteiger partial charge in [-0.25, -0.2) is 0 Å². The highest BCUT2D eigenvalue weighted by Gasteiger charge is 2.13. The van der Waals surface area contributed by atoms with Gasteiger partial charge < -0.3 is 10.5 Å². The van der Waals surface area contributed by atoms with Crippen LogP contribution in [-0.4, -0.2) is 31.9 Å². The molecular weight excluding hydrogens is 86.9 g/mol. The summed E-state index contributed by atoms with van der Waals surface area (Å²) in [7, 11) is 2.10. The fourth-order valence-electron chi connectivity index (χ4n) is 0.969. The van der Waals surface area contributed by atoms with Gasteiger partial charge in [0.1, 0.15) is 0 Å². The minimum atomic E-state index is 0.449. The highest BCUT2D eigenvalue weighted by molar-refractivity contribution is 6.04. The lowest BCUT2D eigenvalue weighted by Gasteiger charge is -2.03. The van der Waals surface area contributed by atoms with E-state index in [1.807, 2.05) is 0 Å². The van der Waals surface area contributed by atoms with E-state index < -0.39 is 0 Å². The summed E-state index contributed by atoms with van der Waals surface area (Å²) in [5, 5.41) is 0. The first-order valence-corrected chi connectivity index (χ1v) is 2.73. The molecule has 1 fully saturated rings. The van der Waals surface area contributed by atoms with Gasteiger partial charge in [0.05, 0.1) is 0 Å². The maximum atomic E-state index is 5.58. The standard InChI is InChI=1S/C4H11BN2/c5-7-2-1-4(6)3-7/h4H,1-3,5-6H2/t4-/m0/s1. The predicted octanol–water partition coefficient (Wildman–Crippen LogP) is -1.43. The minimum Gasteiger partial charge on any atom is -0.347 e. The predicted molar refractivity (Wildman–Crippen MR) is 32.7 cm³/mol. The zero-order valence-electron chi connectivity index (χ0n) is 4.72. The Kier molecular flexibility index (Phi) is 1.35. The van der Waals surface area contributed by atoms with E-state index in [1.54, 1.807) is 0 Å². The van der Waals surface area contributed by atoms with Crippen molar-refractivity contribution in [1.29, 1.82) is 0 Å². The van der Waals surface area contributed by atoms with E-state index in [2.05, 4.69) is 12.8 Å². The van der Waals surface area contributed by atoms with Gasteiger partial charge in [-0.2, -0.15) is 0 Å². The van der Waals surface area contributed by atoms with Crippen LogP contribution in [0.3, 0.4) is 0 Å². The van der Waals surface area contributed by atoms with Gasteiger partial charge in [0.2, 0.25) is 0 Å². The molecule has 0 bridgehead atoms. The van der Waals surface area contributed by atoms with Crippen LogP contribution < -0.4 is 5.73 Å². The van der Waals surface area contributed by atoms with Crippen molar-refractivity contribution < 1.29 is 0 Å². The molecule has 1 heterocycles. The van der Waals surface area contributed by atoms with Crippen molar-refractivity contribution in [3.8, 4) is 0 Å². The average Bonchev–Trinajstić information content (AvgIpc) is 1.87. The molecular formula is C4H11BN2. The molecule has 7 heavy (non-hydrogen) atoms. The van der Waals surface area contributed by atoms with Crippen LogP contribution in [0.5, 0.6) is 0 Å². The van der Waals surface area contributed by atoms with Crippen LogP contribution in [0.25, 0.3) is 0 Å². The van der Waals surface area contributed by atoms with Gasteiger partial charge in [0, 0.05) is 12.6 Å². The van der Waals surface area contributed by atoms with E-state index in [9.17, 15) is 0 Å². The smallest absolute Gasteiger partial charge is 0.185 e. The van der Waals surface area contributed by atoms with Crippen LogP contribution in [0.15, 0.2) is 0 Å². The topological polar surface area (TPSA) is 29.3 Å². The zero-order valence-corrected chi connectivity index (χ0v) is 4.72. The summed E-state index contributed by atoms with van der Waals surface area (Å²) in [6.07, 6.45) is 1.18. The zero-order chi connectivity index (χ0) is 5.28. The summed E-state index contributed by atoms with van der Waals surface area (Å²) in [5.41, 5.74) is 5.58. The SMILES string of the molecule is BN1CC[C@H](N)C1. The molecule has 0 amide bonds. The molecule has 0 spiro atoms. The molecule has 2 nitrogen and oxygen atoms in total. The monoisotopic (exact) mass is 98.1 g/mol. The third kappa shape index (κ3) is 1.18. The molecule has 0 aromatic carbocycles. The summed E-state index contributed by atoms with van der Waals surface area (Å²) >= 11 is 0. The second-order valence-corrected chi connectivity index (χ2v) is 2.31. The van der Waals surface area contributed by atoms with E-state index in [0.29, 0.717) is 6.04 Å². The Morgan fingerprint density at radius 3 is 2.57 bits per heavy atom. The molecule has 1 saturated heterocycles. The highest BCUT2D eigenvalue weighted by atomic mass is 15.1. The number of rotatable bonds is 0. The first kappa shape index (κ1) is 5.13. The number of nitrogens with two attached hydrogens (primary N) is 1. The fraction of sp³-hybridized carbons (Fsp3) is 1.00. The molecule has 0 saturated carbocycles. The van der Waals surface area contributed by atoms with Crippen molar-refractivity contribution in [2.75, 3.05) is 13.1 Å². The van der Waals surface area contributed by atoms with Gasteiger partial charge in [-0.3, -0.25) is 0 Å². The maximum absolute atomic E-state index is 5.58. The van der Waals surface area contributed by atoms with Gasteiger partial charge in [-0.05, 0) is 13.0 Å². The summed E-state index contributed by atoms with van der Waals surface area (Å²) in [6, 6.07) is 0.449. The average molecular weight is 98.0 g/mol.